The molecule has 1 aromatic heterocycles. The van der Waals surface area contributed by atoms with Gasteiger partial charge >= 0.3 is 0 Å². The minimum Gasteiger partial charge on any atom is -0.378 e. The number of rotatable bonds is 2. The van der Waals surface area contributed by atoms with Crippen LogP contribution in [0.25, 0.3) is 0 Å². The molecule has 20 heavy (non-hydrogen) atoms. The fraction of sp³-hybridized carbons (Fsp3) is 0.357. The summed E-state index contributed by atoms with van der Waals surface area (Å²) in [7, 11) is 0. The van der Waals surface area contributed by atoms with Crippen LogP contribution in [-0.4, -0.2) is 33.8 Å². The summed E-state index contributed by atoms with van der Waals surface area (Å²) in [6.45, 7) is 1.50. The molecule has 2 atom stereocenters. The number of H-pyrrole nitrogens is 1. The van der Waals surface area contributed by atoms with Crippen LogP contribution in [0.5, 0.6) is 0 Å². The van der Waals surface area contributed by atoms with Gasteiger partial charge in [0.2, 0.25) is 0 Å². The molecule has 1 N–H and O–H groups in total. The van der Waals surface area contributed by atoms with Crippen molar-refractivity contribution < 1.29 is 4.74 Å². The van der Waals surface area contributed by atoms with Crippen LogP contribution in [0.15, 0.2) is 35.4 Å². The van der Waals surface area contributed by atoms with Crippen molar-refractivity contribution in [3.05, 3.63) is 46.7 Å². The second-order valence-corrected chi connectivity index (χ2v) is 6.63. The molecule has 2 aliphatic rings. The van der Waals surface area contributed by atoms with Gasteiger partial charge in [0, 0.05) is 27.6 Å². The summed E-state index contributed by atoms with van der Waals surface area (Å²) in [5, 5.41) is 8.07. The molecule has 2 aliphatic heterocycles. The average molecular weight is 308 g/mol. The third kappa shape index (κ3) is 2.15. The van der Waals surface area contributed by atoms with Gasteiger partial charge in [-0.1, -0.05) is 11.6 Å². The van der Waals surface area contributed by atoms with Gasteiger partial charge in [0.15, 0.2) is 0 Å². The van der Waals surface area contributed by atoms with E-state index in [0.29, 0.717) is 6.04 Å². The van der Waals surface area contributed by atoms with Gasteiger partial charge in [-0.25, -0.2) is 4.31 Å². The lowest BCUT2D eigenvalue weighted by Crippen LogP contribution is -2.47. The lowest BCUT2D eigenvalue weighted by Gasteiger charge is -2.44. The maximum atomic E-state index is 5.95. The van der Waals surface area contributed by atoms with Gasteiger partial charge in [0.25, 0.3) is 0 Å². The zero-order valence-electron chi connectivity index (χ0n) is 10.8. The highest BCUT2D eigenvalue weighted by atomic mass is 35.5. The smallest absolute Gasteiger partial charge is 0.0726 e. The average Bonchev–Trinajstić information content (AvgIpc) is 2.89. The number of aromatic nitrogens is 2. The zero-order valence-corrected chi connectivity index (χ0v) is 12.3. The molecule has 2 unspecified atom stereocenters. The van der Waals surface area contributed by atoms with Crippen molar-refractivity contribution in [1.82, 2.24) is 14.5 Å². The third-order valence-electron chi connectivity index (χ3n) is 3.83. The number of morpholine rings is 1. The second kappa shape index (κ2) is 5.07. The van der Waals surface area contributed by atoms with Crippen LogP contribution >= 0.6 is 23.5 Å². The van der Waals surface area contributed by atoms with E-state index >= 15 is 0 Å². The quantitative estimate of drug-likeness (QED) is 0.866. The summed E-state index contributed by atoms with van der Waals surface area (Å²) in [4.78, 5) is 1.21. The Labute approximate surface area is 126 Å². The summed E-state index contributed by atoms with van der Waals surface area (Å²) in [6.07, 6.45) is 2.90. The first-order chi connectivity index (χ1) is 9.81. The molecule has 2 aromatic rings. The monoisotopic (exact) mass is 307 g/mol. The summed E-state index contributed by atoms with van der Waals surface area (Å²) in [5.41, 5.74) is 2.53. The molecule has 0 saturated carbocycles. The van der Waals surface area contributed by atoms with Crippen molar-refractivity contribution in [2.75, 3.05) is 13.2 Å². The minimum atomic E-state index is 0.275. The van der Waals surface area contributed by atoms with Gasteiger partial charge in [0.05, 0.1) is 31.5 Å². The summed E-state index contributed by atoms with van der Waals surface area (Å²) in [5.74, 6) is 0. The van der Waals surface area contributed by atoms with Crippen LogP contribution in [0, 0.1) is 0 Å². The van der Waals surface area contributed by atoms with Crippen LogP contribution in [-0.2, 0) is 11.2 Å². The van der Waals surface area contributed by atoms with E-state index in [1.54, 1.807) is 11.9 Å². The topological polar surface area (TPSA) is 41.1 Å². The Hall–Kier alpha value is -1.01. The Kier molecular flexibility index (Phi) is 3.22. The minimum absolute atomic E-state index is 0.275. The normalized spacial score (nSPS) is 25.4. The number of ether oxygens (including phenoxy) is 1. The standard InChI is InChI=1S/C14H14ClN3OS/c15-9-1-3-11(4-2-9)20-18-10-5-13-12(6-16-17-13)14(18)8-19-7-10/h1-4,6,10,14H,5,7-8H2,(H,16,17). The number of nitrogens with zero attached hydrogens (tertiary/aromatic N) is 2. The Balaban J connectivity index is 1.63. The Bertz CT molecular complexity index is 615. The number of benzene rings is 1. The molecule has 3 heterocycles. The first kappa shape index (κ1) is 12.7. The highest BCUT2D eigenvalue weighted by Crippen LogP contribution is 2.42. The first-order valence-corrected chi connectivity index (χ1v) is 7.78. The van der Waals surface area contributed by atoms with E-state index in [1.807, 2.05) is 18.3 Å². The van der Waals surface area contributed by atoms with E-state index in [2.05, 4.69) is 26.6 Å². The molecule has 1 aromatic carbocycles. The Morgan fingerprint density at radius 2 is 2.15 bits per heavy atom. The van der Waals surface area contributed by atoms with Crippen LogP contribution in [0.2, 0.25) is 5.02 Å². The number of hydrogen-bond donors (Lipinski definition) is 1. The summed E-state index contributed by atoms with van der Waals surface area (Å²) >= 11 is 7.73. The molecule has 1 fully saturated rings. The third-order valence-corrected chi connectivity index (χ3v) is 5.33. The molecule has 1 saturated heterocycles. The van der Waals surface area contributed by atoms with E-state index in [1.165, 1.54) is 16.2 Å². The van der Waals surface area contributed by atoms with Crippen LogP contribution in [0.1, 0.15) is 17.3 Å². The summed E-state index contributed by atoms with van der Waals surface area (Å²) < 4.78 is 8.18. The fourth-order valence-corrected chi connectivity index (χ4v) is 4.07. The van der Waals surface area contributed by atoms with Crippen LogP contribution in [0.3, 0.4) is 0 Å². The molecule has 4 rings (SSSR count). The predicted molar refractivity (Wildman–Crippen MR) is 78.8 cm³/mol. The van der Waals surface area contributed by atoms with Crippen molar-refractivity contribution in [3.8, 4) is 0 Å². The van der Waals surface area contributed by atoms with Gasteiger partial charge in [-0.2, -0.15) is 5.10 Å². The fourth-order valence-electron chi connectivity index (χ4n) is 2.86. The maximum Gasteiger partial charge on any atom is 0.0726 e. The number of halogens is 1. The molecule has 0 aliphatic carbocycles. The van der Waals surface area contributed by atoms with Gasteiger partial charge in [-0.3, -0.25) is 5.10 Å². The van der Waals surface area contributed by atoms with Gasteiger partial charge in [-0.15, -0.1) is 0 Å². The zero-order chi connectivity index (χ0) is 13.5. The van der Waals surface area contributed by atoms with E-state index in [-0.39, 0.29) is 6.04 Å². The number of hydrogen-bond acceptors (Lipinski definition) is 4. The lowest BCUT2D eigenvalue weighted by atomic mass is 9.95. The van der Waals surface area contributed by atoms with E-state index in [0.717, 1.165) is 24.7 Å². The molecule has 2 bridgehead atoms. The van der Waals surface area contributed by atoms with Gasteiger partial charge < -0.3 is 4.74 Å². The van der Waals surface area contributed by atoms with E-state index in [9.17, 15) is 0 Å². The Morgan fingerprint density at radius 3 is 3.00 bits per heavy atom. The van der Waals surface area contributed by atoms with Crippen molar-refractivity contribution >= 4 is 23.5 Å². The van der Waals surface area contributed by atoms with Gasteiger partial charge in [-0.05, 0) is 36.2 Å². The van der Waals surface area contributed by atoms with E-state index < -0.39 is 0 Å². The first-order valence-electron chi connectivity index (χ1n) is 6.63. The molecule has 0 spiro atoms. The summed E-state index contributed by atoms with van der Waals surface area (Å²) in [6, 6.07) is 8.66. The second-order valence-electron chi connectivity index (χ2n) is 5.12. The molecule has 6 heteroatoms. The molecular weight excluding hydrogens is 294 g/mol. The van der Waals surface area contributed by atoms with Crippen LogP contribution < -0.4 is 0 Å². The van der Waals surface area contributed by atoms with E-state index in [4.69, 9.17) is 16.3 Å². The molecule has 0 amide bonds. The molecule has 104 valence electrons. The lowest BCUT2D eigenvalue weighted by molar-refractivity contribution is -0.00938. The largest absolute Gasteiger partial charge is 0.378 e. The molecular formula is C14H14ClN3OS. The number of aromatic amines is 1. The molecule has 0 radical (unpaired) electrons. The Morgan fingerprint density at radius 1 is 1.30 bits per heavy atom. The number of fused-ring (bicyclic) bond motifs is 4. The van der Waals surface area contributed by atoms with Crippen molar-refractivity contribution in [2.24, 2.45) is 0 Å². The van der Waals surface area contributed by atoms with Crippen LogP contribution in [0.4, 0.5) is 0 Å². The SMILES string of the molecule is Clc1ccc(SN2C3COCC2c2cn[nH]c2C3)cc1. The highest BCUT2D eigenvalue weighted by Gasteiger charge is 2.39. The van der Waals surface area contributed by atoms with Crippen molar-refractivity contribution in [2.45, 2.75) is 23.4 Å². The van der Waals surface area contributed by atoms with Crippen molar-refractivity contribution in [1.29, 1.82) is 0 Å². The van der Waals surface area contributed by atoms with Gasteiger partial charge in [0.1, 0.15) is 0 Å². The number of nitrogens with one attached hydrogen (secondary N) is 1. The highest BCUT2D eigenvalue weighted by molar-refractivity contribution is 7.97. The predicted octanol–water partition coefficient (Wildman–Crippen LogP) is 3.07. The maximum absolute atomic E-state index is 5.95. The van der Waals surface area contributed by atoms with Crippen molar-refractivity contribution in [3.63, 3.8) is 0 Å². The molecule has 4 nitrogen and oxygen atoms in total.